The van der Waals surface area contributed by atoms with E-state index < -0.39 is 10.0 Å². The number of esters is 1. The van der Waals surface area contributed by atoms with Gasteiger partial charge in [0.15, 0.2) is 0 Å². The maximum Gasteiger partial charge on any atom is 0.306 e. The summed E-state index contributed by atoms with van der Waals surface area (Å²) in [6.07, 6.45) is 0.238. The molecule has 9 heteroatoms. The van der Waals surface area contributed by atoms with Crippen LogP contribution in [0.25, 0.3) is 0 Å². The number of thioether (sulfide) groups is 1. The highest BCUT2D eigenvalue weighted by atomic mass is 32.2. The zero-order chi connectivity index (χ0) is 16.8. The van der Waals surface area contributed by atoms with Crippen molar-refractivity contribution in [3.05, 3.63) is 24.3 Å². The summed E-state index contributed by atoms with van der Waals surface area (Å²) in [5.41, 5.74) is 0.470. The highest BCUT2D eigenvalue weighted by Crippen LogP contribution is 2.17. The number of primary sulfonamides is 1. The fourth-order valence-electron chi connectivity index (χ4n) is 1.47. The molecular formula is C13H18N2O5S2. The molecule has 1 amide bonds. The normalized spacial score (nSPS) is 12.5. The molecule has 3 N–H and O–H groups in total. The number of amides is 1. The molecule has 7 nitrogen and oxygen atoms in total. The Hall–Kier alpha value is -1.58. The molecule has 1 rings (SSSR count). The third-order valence-electron chi connectivity index (χ3n) is 2.72. The van der Waals surface area contributed by atoms with E-state index in [1.807, 2.05) is 0 Å². The van der Waals surface area contributed by atoms with Gasteiger partial charge in [-0.2, -0.15) is 0 Å². The quantitative estimate of drug-likeness (QED) is 0.710. The van der Waals surface area contributed by atoms with Crippen molar-refractivity contribution in [1.29, 1.82) is 0 Å². The zero-order valence-corrected chi connectivity index (χ0v) is 13.9. The van der Waals surface area contributed by atoms with E-state index in [4.69, 9.17) is 5.14 Å². The highest BCUT2D eigenvalue weighted by Gasteiger charge is 2.15. The second-order valence-corrected chi connectivity index (χ2v) is 7.41. The smallest absolute Gasteiger partial charge is 0.306 e. The van der Waals surface area contributed by atoms with Crippen molar-refractivity contribution in [2.45, 2.75) is 23.5 Å². The molecule has 0 aromatic heterocycles. The largest absolute Gasteiger partial charge is 0.469 e. The number of benzene rings is 1. The van der Waals surface area contributed by atoms with Crippen molar-refractivity contribution in [3.8, 4) is 0 Å². The number of anilines is 1. The first-order valence-corrected chi connectivity index (χ1v) is 8.95. The summed E-state index contributed by atoms with van der Waals surface area (Å²) in [6.45, 7) is 1.72. The van der Waals surface area contributed by atoms with Gasteiger partial charge in [-0.05, 0) is 31.2 Å². The Labute approximate surface area is 133 Å². The number of nitrogens with two attached hydrogens (primary N) is 1. The van der Waals surface area contributed by atoms with Crippen molar-refractivity contribution >= 4 is 39.3 Å². The molecule has 0 bridgehead atoms. The summed E-state index contributed by atoms with van der Waals surface area (Å²) in [5.74, 6) is -0.0806. The third-order valence-corrected chi connectivity index (χ3v) is 4.80. The van der Waals surface area contributed by atoms with E-state index in [0.717, 1.165) is 0 Å². The lowest BCUT2D eigenvalue weighted by molar-refractivity contribution is -0.140. The van der Waals surface area contributed by atoms with Crippen LogP contribution in [0.15, 0.2) is 29.2 Å². The summed E-state index contributed by atoms with van der Waals surface area (Å²) in [4.78, 5) is 22.9. The predicted molar refractivity (Wildman–Crippen MR) is 85.0 cm³/mol. The second-order valence-electron chi connectivity index (χ2n) is 4.40. The van der Waals surface area contributed by atoms with Crippen molar-refractivity contribution < 1.29 is 22.7 Å². The number of sulfonamides is 1. The van der Waals surface area contributed by atoms with Crippen molar-refractivity contribution in [3.63, 3.8) is 0 Å². The fraction of sp³-hybridized carbons (Fsp3) is 0.385. The molecule has 0 heterocycles. The molecule has 0 spiro atoms. The minimum absolute atomic E-state index is 0.0222. The van der Waals surface area contributed by atoms with Crippen LogP contribution in [-0.4, -0.2) is 38.4 Å². The average molecular weight is 346 g/mol. The van der Waals surface area contributed by atoms with Crippen LogP contribution in [0.4, 0.5) is 5.69 Å². The lowest BCUT2D eigenvalue weighted by Gasteiger charge is -2.12. The Balaban J connectivity index is 2.52. The summed E-state index contributed by atoms with van der Waals surface area (Å²) < 4.78 is 26.8. The SMILES string of the molecule is COC(=O)CCSC(C)C(=O)Nc1ccc(S(N)(=O)=O)cc1. The van der Waals surface area contributed by atoms with Gasteiger partial charge in [0.2, 0.25) is 15.9 Å². The summed E-state index contributed by atoms with van der Waals surface area (Å²) in [5, 5.41) is 7.29. The molecule has 0 saturated heterocycles. The van der Waals surface area contributed by atoms with E-state index in [0.29, 0.717) is 11.4 Å². The first-order valence-electron chi connectivity index (χ1n) is 6.36. The lowest BCUT2D eigenvalue weighted by atomic mass is 10.3. The van der Waals surface area contributed by atoms with Crippen LogP contribution in [0.1, 0.15) is 13.3 Å². The topological polar surface area (TPSA) is 116 Å². The van der Waals surface area contributed by atoms with Crippen molar-refractivity contribution in [2.24, 2.45) is 5.14 Å². The molecule has 1 aromatic rings. The Kier molecular flexibility index (Phi) is 6.85. The maximum atomic E-state index is 11.9. The minimum atomic E-state index is -3.75. The van der Waals surface area contributed by atoms with E-state index in [1.54, 1.807) is 6.92 Å². The van der Waals surface area contributed by atoms with Crippen LogP contribution >= 0.6 is 11.8 Å². The number of carbonyl (C=O) groups is 2. The monoisotopic (exact) mass is 346 g/mol. The van der Waals surface area contributed by atoms with Crippen molar-refractivity contribution in [2.75, 3.05) is 18.2 Å². The lowest BCUT2D eigenvalue weighted by Crippen LogP contribution is -2.23. The van der Waals surface area contributed by atoms with Gasteiger partial charge in [0, 0.05) is 11.4 Å². The Morgan fingerprint density at radius 1 is 1.32 bits per heavy atom. The Morgan fingerprint density at radius 2 is 1.91 bits per heavy atom. The van der Waals surface area contributed by atoms with E-state index in [2.05, 4.69) is 10.1 Å². The van der Waals surface area contributed by atoms with E-state index >= 15 is 0 Å². The van der Waals surface area contributed by atoms with E-state index in [-0.39, 0.29) is 28.4 Å². The van der Waals surface area contributed by atoms with E-state index in [9.17, 15) is 18.0 Å². The van der Waals surface area contributed by atoms with Crippen LogP contribution in [0.3, 0.4) is 0 Å². The van der Waals surface area contributed by atoms with Gasteiger partial charge in [0.25, 0.3) is 0 Å². The van der Waals surface area contributed by atoms with Gasteiger partial charge in [-0.1, -0.05) is 0 Å². The highest BCUT2D eigenvalue weighted by molar-refractivity contribution is 8.00. The minimum Gasteiger partial charge on any atom is -0.469 e. The number of nitrogens with one attached hydrogen (secondary N) is 1. The summed E-state index contributed by atoms with van der Waals surface area (Å²) in [7, 11) is -2.43. The van der Waals surface area contributed by atoms with Gasteiger partial charge >= 0.3 is 5.97 Å². The van der Waals surface area contributed by atoms with Crippen LogP contribution in [0.2, 0.25) is 0 Å². The van der Waals surface area contributed by atoms with E-state index in [1.165, 1.54) is 43.1 Å². The van der Waals surface area contributed by atoms with Gasteiger partial charge in [0.1, 0.15) is 0 Å². The summed E-state index contributed by atoms with van der Waals surface area (Å²) >= 11 is 1.33. The molecule has 0 fully saturated rings. The third kappa shape index (κ3) is 6.04. The summed E-state index contributed by atoms with van der Waals surface area (Å²) in [6, 6.07) is 5.56. The molecule has 0 saturated carbocycles. The molecule has 1 aromatic carbocycles. The molecule has 0 aliphatic rings. The molecule has 1 atom stereocenters. The molecule has 0 radical (unpaired) electrons. The van der Waals surface area contributed by atoms with Crippen LogP contribution in [0, 0.1) is 0 Å². The van der Waals surface area contributed by atoms with Crippen LogP contribution in [0.5, 0.6) is 0 Å². The number of ether oxygens (including phenoxy) is 1. The van der Waals surface area contributed by atoms with Crippen LogP contribution < -0.4 is 10.5 Å². The fourth-order valence-corrected chi connectivity index (χ4v) is 2.83. The first-order chi connectivity index (χ1) is 10.2. The van der Waals surface area contributed by atoms with Crippen LogP contribution in [-0.2, 0) is 24.3 Å². The number of methoxy groups -OCH3 is 1. The maximum absolute atomic E-state index is 11.9. The average Bonchev–Trinajstić information content (AvgIpc) is 2.46. The number of hydrogen-bond donors (Lipinski definition) is 2. The van der Waals surface area contributed by atoms with Crippen molar-refractivity contribution in [1.82, 2.24) is 0 Å². The van der Waals surface area contributed by atoms with Gasteiger partial charge < -0.3 is 10.1 Å². The number of rotatable bonds is 7. The van der Waals surface area contributed by atoms with Gasteiger partial charge in [-0.25, -0.2) is 13.6 Å². The molecular weight excluding hydrogens is 328 g/mol. The second kappa shape index (κ2) is 8.16. The number of hydrogen-bond acceptors (Lipinski definition) is 6. The molecule has 1 unspecified atom stereocenters. The molecule has 0 aliphatic heterocycles. The zero-order valence-electron chi connectivity index (χ0n) is 12.2. The number of carbonyl (C=O) groups excluding carboxylic acids is 2. The molecule has 0 aliphatic carbocycles. The molecule has 22 heavy (non-hydrogen) atoms. The molecule has 122 valence electrons. The van der Waals surface area contributed by atoms with Gasteiger partial charge in [-0.3, -0.25) is 9.59 Å². The van der Waals surface area contributed by atoms with Gasteiger partial charge in [-0.15, -0.1) is 11.8 Å². The first kappa shape index (κ1) is 18.5. The Bertz CT molecular complexity index is 628. The van der Waals surface area contributed by atoms with Gasteiger partial charge in [0.05, 0.1) is 23.7 Å². The standard InChI is InChI=1S/C13H18N2O5S2/c1-9(21-8-7-12(16)20-2)13(17)15-10-3-5-11(6-4-10)22(14,18)19/h3-6,9H,7-8H2,1-2H3,(H,15,17)(H2,14,18,19). The predicted octanol–water partition coefficient (Wildman–Crippen LogP) is 0.957. The Morgan fingerprint density at radius 3 is 2.41 bits per heavy atom.